The number of aromatic nitrogens is 1. The SMILES string of the molecule is O=C(NCC(O)c1ccccc1F)c1ccc[nH]c1=O. The number of nitrogens with one attached hydrogen (secondary N) is 2. The molecule has 2 rings (SSSR count). The second-order valence-corrected chi connectivity index (χ2v) is 4.16. The quantitative estimate of drug-likeness (QED) is 0.778. The monoisotopic (exact) mass is 276 g/mol. The standard InChI is InChI=1S/C14H13FN2O3/c15-11-6-2-1-4-9(11)12(18)8-17-14(20)10-5-3-7-16-13(10)19/h1-7,12,18H,8H2,(H,16,19)(H,17,20). The lowest BCUT2D eigenvalue weighted by molar-refractivity contribution is 0.0912. The minimum absolute atomic E-state index is 0.0618. The molecular weight excluding hydrogens is 263 g/mol. The van der Waals surface area contributed by atoms with Crippen molar-refractivity contribution in [3.63, 3.8) is 0 Å². The van der Waals surface area contributed by atoms with Crippen LogP contribution in [0, 0.1) is 5.82 Å². The minimum atomic E-state index is -1.18. The molecule has 0 spiro atoms. The molecule has 0 aliphatic rings. The van der Waals surface area contributed by atoms with E-state index in [4.69, 9.17) is 0 Å². The van der Waals surface area contributed by atoms with Gasteiger partial charge in [-0.1, -0.05) is 18.2 Å². The van der Waals surface area contributed by atoms with Crippen LogP contribution >= 0.6 is 0 Å². The molecule has 0 fully saturated rings. The van der Waals surface area contributed by atoms with Gasteiger partial charge >= 0.3 is 0 Å². The first kappa shape index (κ1) is 14.0. The van der Waals surface area contributed by atoms with E-state index >= 15 is 0 Å². The number of amides is 1. The van der Waals surface area contributed by atoms with Gasteiger partial charge in [0, 0.05) is 18.3 Å². The van der Waals surface area contributed by atoms with Crippen molar-refractivity contribution in [2.24, 2.45) is 0 Å². The van der Waals surface area contributed by atoms with E-state index in [1.54, 1.807) is 6.07 Å². The summed E-state index contributed by atoms with van der Waals surface area (Å²) in [4.78, 5) is 25.5. The van der Waals surface area contributed by atoms with Crippen LogP contribution in [-0.2, 0) is 0 Å². The molecule has 104 valence electrons. The number of pyridine rings is 1. The Morgan fingerprint density at radius 2 is 2.05 bits per heavy atom. The van der Waals surface area contributed by atoms with E-state index < -0.39 is 23.4 Å². The summed E-state index contributed by atoms with van der Waals surface area (Å²) >= 11 is 0. The van der Waals surface area contributed by atoms with Crippen LogP contribution in [0.4, 0.5) is 4.39 Å². The van der Waals surface area contributed by atoms with Gasteiger partial charge in [-0.2, -0.15) is 0 Å². The van der Waals surface area contributed by atoms with Gasteiger partial charge in [-0.15, -0.1) is 0 Å². The zero-order valence-corrected chi connectivity index (χ0v) is 10.5. The zero-order valence-electron chi connectivity index (χ0n) is 10.5. The maximum Gasteiger partial charge on any atom is 0.260 e. The predicted molar refractivity (Wildman–Crippen MR) is 70.8 cm³/mol. The number of hydrogen-bond donors (Lipinski definition) is 3. The van der Waals surface area contributed by atoms with E-state index in [0.717, 1.165) is 0 Å². The van der Waals surface area contributed by atoms with Gasteiger partial charge in [0.15, 0.2) is 0 Å². The first-order chi connectivity index (χ1) is 9.59. The molecule has 1 aromatic heterocycles. The van der Waals surface area contributed by atoms with E-state index in [2.05, 4.69) is 10.3 Å². The van der Waals surface area contributed by atoms with Crippen LogP contribution in [-0.4, -0.2) is 22.5 Å². The van der Waals surface area contributed by atoms with Gasteiger partial charge in [0.25, 0.3) is 11.5 Å². The third kappa shape index (κ3) is 3.10. The summed E-state index contributed by atoms with van der Waals surface area (Å²) < 4.78 is 13.4. The molecule has 0 aliphatic heterocycles. The molecule has 0 saturated carbocycles. The van der Waals surface area contributed by atoms with Crippen LogP contribution < -0.4 is 10.9 Å². The molecule has 0 bridgehead atoms. The average molecular weight is 276 g/mol. The summed E-state index contributed by atoms with van der Waals surface area (Å²) in [7, 11) is 0. The summed E-state index contributed by atoms with van der Waals surface area (Å²) in [5.41, 5.74) is -0.492. The number of aromatic amines is 1. The maximum absolute atomic E-state index is 13.4. The highest BCUT2D eigenvalue weighted by Gasteiger charge is 2.15. The fraction of sp³-hybridized carbons (Fsp3) is 0.143. The van der Waals surface area contributed by atoms with E-state index in [1.807, 2.05) is 0 Å². The fourth-order valence-corrected chi connectivity index (χ4v) is 1.74. The molecule has 3 N–H and O–H groups in total. The smallest absolute Gasteiger partial charge is 0.260 e. The third-order valence-corrected chi connectivity index (χ3v) is 2.78. The molecule has 1 amide bonds. The summed E-state index contributed by atoms with van der Waals surface area (Å²) in [5, 5.41) is 12.2. The maximum atomic E-state index is 13.4. The highest BCUT2D eigenvalue weighted by molar-refractivity contribution is 5.93. The van der Waals surface area contributed by atoms with Crippen molar-refractivity contribution in [3.8, 4) is 0 Å². The third-order valence-electron chi connectivity index (χ3n) is 2.78. The Balaban J connectivity index is 2.03. The Morgan fingerprint density at radius 1 is 1.30 bits per heavy atom. The van der Waals surface area contributed by atoms with Crippen molar-refractivity contribution < 1.29 is 14.3 Å². The van der Waals surface area contributed by atoms with Crippen molar-refractivity contribution in [3.05, 3.63) is 69.9 Å². The van der Waals surface area contributed by atoms with Crippen molar-refractivity contribution >= 4 is 5.91 Å². The molecule has 20 heavy (non-hydrogen) atoms. The number of benzene rings is 1. The fourth-order valence-electron chi connectivity index (χ4n) is 1.74. The summed E-state index contributed by atoms with van der Waals surface area (Å²) in [5.74, 6) is -1.17. The zero-order chi connectivity index (χ0) is 14.5. The van der Waals surface area contributed by atoms with Gasteiger partial charge in [0.2, 0.25) is 0 Å². The van der Waals surface area contributed by atoms with Crippen molar-refractivity contribution in [1.29, 1.82) is 0 Å². The molecule has 0 radical (unpaired) electrons. The van der Waals surface area contributed by atoms with Crippen LogP contribution in [0.5, 0.6) is 0 Å². The summed E-state index contributed by atoms with van der Waals surface area (Å²) in [6.45, 7) is -0.186. The Bertz CT molecular complexity index is 669. The first-order valence-corrected chi connectivity index (χ1v) is 5.98. The lowest BCUT2D eigenvalue weighted by Crippen LogP contribution is -2.32. The largest absolute Gasteiger partial charge is 0.386 e. The van der Waals surface area contributed by atoms with Crippen LogP contribution in [0.1, 0.15) is 22.0 Å². The normalized spacial score (nSPS) is 11.9. The Kier molecular flexibility index (Phi) is 4.27. The summed E-state index contributed by atoms with van der Waals surface area (Å²) in [6, 6.07) is 8.63. The summed E-state index contributed by atoms with van der Waals surface area (Å²) in [6.07, 6.45) is 0.232. The van der Waals surface area contributed by atoms with Crippen molar-refractivity contribution in [2.45, 2.75) is 6.10 Å². The van der Waals surface area contributed by atoms with E-state index in [-0.39, 0.29) is 17.7 Å². The minimum Gasteiger partial charge on any atom is -0.386 e. The molecule has 6 heteroatoms. The van der Waals surface area contributed by atoms with E-state index in [1.165, 1.54) is 36.5 Å². The first-order valence-electron chi connectivity index (χ1n) is 5.98. The molecule has 5 nitrogen and oxygen atoms in total. The Morgan fingerprint density at radius 3 is 2.75 bits per heavy atom. The number of carbonyl (C=O) groups is 1. The average Bonchev–Trinajstić information content (AvgIpc) is 2.45. The topological polar surface area (TPSA) is 82.2 Å². The molecule has 2 aromatic rings. The lowest BCUT2D eigenvalue weighted by Gasteiger charge is -2.12. The molecule has 1 aromatic carbocycles. The second-order valence-electron chi connectivity index (χ2n) is 4.16. The number of carbonyl (C=O) groups excluding carboxylic acids is 1. The number of halogens is 1. The van der Waals surface area contributed by atoms with Crippen molar-refractivity contribution in [2.75, 3.05) is 6.54 Å². The van der Waals surface area contributed by atoms with E-state index in [9.17, 15) is 19.1 Å². The van der Waals surface area contributed by atoms with Gasteiger partial charge in [-0.05, 0) is 18.2 Å². The molecule has 1 heterocycles. The second kappa shape index (κ2) is 6.12. The van der Waals surface area contributed by atoms with Gasteiger partial charge in [0.05, 0.1) is 6.10 Å². The van der Waals surface area contributed by atoms with Crippen molar-refractivity contribution in [1.82, 2.24) is 10.3 Å². The Labute approximate surface area is 114 Å². The molecule has 1 atom stereocenters. The molecule has 0 saturated heterocycles. The van der Waals surface area contributed by atoms with Gasteiger partial charge in [-0.25, -0.2) is 4.39 Å². The van der Waals surface area contributed by atoms with Gasteiger partial charge in [-0.3, -0.25) is 9.59 Å². The number of rotatable bonds is 4. The number of aliphatic hydroxyl groups is 1. The number of aliphatic hydroxyl groups excluding tert-OH is 1. The lowest BCUT2D eigenvalue weighted by atomic mass is 10.1. The van der Waals surface area contributed by atoms with Crippen LogP contribution in [0.3, 0.4) is 0 Å². The number of hydrogen-bond acceptors (Lipinski definition) is 3. The molecule has 0 aliphatic carbocycles. The van der Waals surface area contributed by atoms with Crippen LogP contribution in [0.2, 0.25) is 0 Å². The molecular formula is C14H13FN2O3. The van der Waals surface area contributed by atoms with Crippen LogP contribution in [0.25, 0.3) is 0 Å². The Hall–Kier alpha value is -2.47. The molecule has 1 unspecified atom stereocenters. The predicted octanol–water partition coefficient (Wildman–Crippen LogP) is 0.977. The van der Waals surface area contributed by atoms with Crippen LogP contribution in [0.15, 0.2) is 47.4 Å². The number of H-pyrrole nitrogens is 1. The van der Waals surface area contributed by atoms with Gasteiger partial charge < -0.3 is 15.4 Å². The highest BCUT2D eigenvalue weighted by Crippen LogP contribution is 2.15. The van der Waals surface area contributed by atoms with Gasteiger partial charge in [0.1, 0.15) is 11.4 Å². The highest BCUT2D eigenvalue weighted by atomic mass is 19.1. The van der Waals surface area contributed by atoms with E-state index in [0.29, 0.717) is 0 Å².